The first-order chi connectivity index (χ1) is 7.34. The fraction of sp³-hybridized carbons (Fsp3) is 0.182. The monoisotopic (exact) mass is 221 g/mol. The van der Waals surface area contributed by atoms with Crippen molar-refractivity contribution in [2.24, 2.45) is 0 Å². The average Bonchev–Trinajstić information content (AvgIpc) is 2.15. The van der Waals surface area contributed by atoms with E-state index in [-0.39, 0.29) is 11.3 Å². The zero-order valence-electron chi connectivity index (χ0n) is 9.07. The Hall–Kier alpha value is -2.17. The molecule has 0 atom stereocenters. The van der Waals surface area contributed by atoms with Crippen LogP contribution >= 0.6 is 0 Å². The highest BCUT2D eigenvalue weighted by atomic mass is 16.6. The van der Waals surface area contributed by atoms with Gasteiger partial charge in [-0.15, -0.1) is 0 Å². The van der Waals surface area contributed by atoms with Crippen LogP contribution in [0.1, 0.15) is 24.0 Å². The molecule has 16 heavy (non-hydrogen) atoms. The molecule has 0 aromatic carbocycles. The van der Waals surface area contributed by atoms with Crippen molar-refractivity contribution in [2.75, 3.05) is 0 Å². The van der Waals surface area contributed by atoms with Crippen LogP contribution in [0.25, 0.3) is 11.3 Å². The molecule has 0 radical (unpaired) electrons. The Morgan fingerprint density at radius 2 is 2.06 bits per heavy atom. The third-order valence-corrected chi connectivity index (χ3v) is 1.97. The van der Waals surface area contributed by atoms with Crippen molar-refractivity contribution in [3.05, 3.63) is 56.6 Å². The molecule has 0 aliphatic heterocycles. The fourth-order valence-corrected chi connectivity index (χ4v) is 1.28. The molecular weight excluding hydrogens is 210 g/mol. The van der Waals surface area contributed by atoms with Gasteiger partial charge in [-0.3, -0.25) is 14.9 Å². The predicted molar refractivity (Wildman–Crippen MR) is 60.5 cm³/mol. The Bertz CT molecular complexity index is 539. The number of hydrogen-bond donors (Lipinski definition) is 0. The second kappa shape index (κ2) is 4.14. The highest BCUT2D eigenvalue weighted by Crippen LogP contribution is 2.21. The van der Waals surface area contributed by atoms with Crippen LogP contribution in [0.4, 0.5) is 0 Å². The lowest BCUT2D eigenvalue weighted by Gasteiger charge is -2.05. The van der Waals surface area contributed by atoms with Crippen LogP contribution < -0.4 is 5.43 Å². The SMILES string of the molecule is C=C(C)c1oc(C)cc(=O)c1C(=C)[N+](=O)[O-]. The Morgan fingerprint density at radius 3 is 2.50 bits per heavy atom. The summed E-state index contributed by atoms with van der Waals surface area (Å²) in [7, 11) is 0. The molecule has 0 saturated carbocycles. The number of nitro groups is 1. The topological polar surface area (TPSA) is 73.3 Å². The van der Waals surface area contributed by atoms with Crippen molar-refractivity contribution in [1.82, 2.24) is 0 Å². The van der Waals surface area contributed by atoms with E-state index in [0.717, 1.165) is 0 Å². The van der Waals surface area contributed by atoms with Crippen molar-refractivity contribution in [3.63, 3.8) is 0 Å². The summed E-state index contributed by atoms with van der Waals surface area (Å²) in [5, 5.41) is 10.6. The maximum Gasteiger partial charge on any atom is 0.277 e. The van der Waals surface area contributed by atoms with Gasteiger partial charge in [-0.2, -0.15) is 0 Å². The number of aryl methyl sites for hydroxylation is 1. The number of hydrogen-bond acceptors (Lipinski definition) is 4. The van der Waals surface area contributed by atoms with Crippen LogP contribution in [0.5, 0.6) is 0 Å². The summed E-state index contributed by atoms with van der Waals surface area (Å²) in [4.78, 5) is 21.5. The maximum absolute atomic E-state index is 11.6. The summed E-state index contributed by atoms with van der Waals surface area (Å²) in [5.74, 6) is 0.495. The summed E-state index contributed by atoms with van der Waals surface area (Å²) >= 11 is 0. The van der Waals surface area contributed by atoms with E-state index in [1.54, 1.807) is 13.8 Å². The molecule has 5 heteroatoms. The Kier molecular flexibility index (Phi) is 3.08. The second-order valence-corrected chi connectivity index (χ2v) is 3.41. The molecule has 1 aromatic rings. The molecule has 84 valence electrons. The van der Waals surface area contributed by atoms with Crippen molar-refractivity contribution < 1.29 is 9.34 Å². The van der Waals surface area contributed by atoms with Gasteiger partial charge in [0.25, 0.3) is 5.70 Å². The molecule has 0 fully saturated rings. The molecule has 1 aromatic heterocycles. The fourth-order valence-electron chi connectivity index (χ4n) is 1.28. The summed E-state index contributed by atoms with van der Waals surface area (Å²) in [6.45, 7) is 10.1. The van der Waals surface area contributed by atoms with Gasteiger partial charge >= 0.3 is 0 Å². The predicted octanol–water partition coefficient (Wildman–Crippen LogP) is 2.23. The highest BCUT2D eigenvalue weighted by molar-refractivity contribution is 5.70. The van der Waals surface area contributed by atoms with E-state index in [9.17, 15) is 14.9 Å². The number of rotatable bonds is 3. The van der Waals surface area contributed by atoms with Crippen LogP contribution in [0.2, 0.25) is 0 Å². The van der Waals surface area contributed by atoms with Crippen LogP contribution in [0, 0.1) is 17.0 Å². The van der Waals surface area contributed by atoms with Gasteiger partial charge in [-0.05, 0) is 26.0 Å². The molecule has 0 bridgehead atoms. The maximum atomic E-state index is 11.6. The third-order valence-electron chi connectivity index (χ3n) is 1.97. The lowest BCUT2D eigenvalue weighted by molar-refractivity contribution is -0.375. The van der Waals surface area contributed by atoms with E-state index in [2.05, 4.69) is 13.2 Å². The van der Waals surface area contributed by atoms with Crippen molar-refractivity contribution in [1.29, 1.82) is 0 Å². The van der Waals surface area contributed by atoms with Crippen LogP contribution in [0.15, 0.2) is 28.4 Å². The summed E-state index contributed by atoms with van der Waals surface area (Å²) < 4.78 is 5.26. The Labute approximate surface area is 91.9 Å². The van der Waals surface area contributed by atoms with E-state index in [1.165, 1.54) is 6.07 Å². The molecular formula is C11H11NO4. The first-order valence-electron chi connectivity index (χ1n) is 4.49. The summed E-state index contributed by atoms with van der Waals surface area (Å²) in [5.41, 5.74) is -0.655. The minimum absolute atomic E-state index is 0.117. The number of nitrogens with zero attached hydrogens (tertiary/aromatic N) is 1. The smallest absolute Gasteiger partial charge is 0.277 e. The van der Waals surface area contributed by atoms with Crippen molar-refractivity contribution in [2.45, 2.75) is 13.8 Å². The van der Waals surface area contributed by atoms with E-state index in [4.69, 9.17) is 4.42 Å². The molecule has 0 aliphatic rings. The van der Waals surface area contributed by atoms with Gasteiger partial charge in [0.15, 0.2) is 5.43 Å². The molecule has 1 rings (SSSR count). The molecule has 0 unspecified atom stereocenters. The Morgan fingerprint density at radius 1 is 1.50 bits per heavy atom. The lowest BCUT2D eigenvalue weighted by atomic mass is 10.1. The first kappa shape index (κ1) is 11.9. The van der Waals surface area contributed by atoms with Gasteiger partial charge in [-0.1, -0.05) is 6.58 Å². The van der Waals surface area contributed by atoms with E-state index in [1.807, 2.05) is 0 Å². The molecule has 1 heterocycles. The largest absolute Gasteiger partial charge is 0.461 e. The number of allylic oxidation sites excluding steroid dienone is 1. The van der Waals surface area contributed by atoms with Crippen molar-refractivity contribution >= 4 is 11.3 Å². The summed E-state index contributed by atoms with van der Waals surface area (Å²) in [6, 6.07) is 1.19. The Balaban J connectivity index is 3.60. The standard InChI is InChI=1S/C11H11NO4/c1-6(2)11-10(8(4)12(14)15)9(13)5-7(3)16-11/h5H,1,4H2,2-3H3. The van der Waals surface area contributed by atoms with Crippen LogP contribution in [-0.2, 0) is 0 Å². The zero-order valence-corrected chi connectivity index (χ0v) is 9.07. The molecule has 0 amide bonds. The second-order valence-electron chi connectivity index (χ2n) is 3.41. The lowest BCUT2D eigenvalue weighted by Crippen LogP contribution is -2.14. The zero-order chi connectivity index (χ0) is 12.5. The van der Waals surface area contributed by atoms with Crippen LogP contribution in [0.3, 0.4) is 0 Å². The molecule has 0 spiro atoms. The van der Waals surface area contributed by atoms with E-state index < -0.39 is 16.0 Å². The van der Waals surface area contributed by atoms with Gasteiger partial charge in [-0.25, -0.2) is 0 Å². The van der Waals surface area contributed by atoms with Crippen LogP contribution in [-0.4, -0.2) is 4.92 Å². The van der Waals surface area contributed by atoms with E-state index in [0.29, 0.717) is 11.3 Å². The van der Waals surface area contributed by atoms with E-state index >= 15 is 0 Å². The van der Waals surface area contributed by atoms with Crippen molar-refractivity contribution in [3.8, 4) is 0 Å². The molecule has 0 N–H and O–H groups in total. The molecule has 5 nitrogen and oxygen atoms in total. The quantitative estimate of drug-likeness (QED) is 0.579. The average molecular weight is 221 g/mol. The minimum Gasteiger partial charge on any atom is -0.461 e. The molecule has 0 aliphatic carbocycles. The third kappa shape index (κ3) is 2.08. The van der Waals surface area contributed by atoms with Gasteiger partial charge in [0.1, 0.15) is 17.1 Å². The normalized spacial score (nSPS) is 9.88. The van der Waals surface area contributed by atoms with Gasteiger partial charge in [0.05, 0.1) is 4.92 Å². The van der Waals surface area contributed by atoms with Gasteiger partial charge < -0.3 is 4.42 Å². The highest BCUT2D eigenvalue weighted by Gasteiger charge is 2.22. The minimum atomic E-state index is -0.714. The first-order valence-corrected chi connectivity index (χ1v) is 4.49. The summed E-state index contributed by atoms with van der Waals surface area (Å²) in [6.07, 6.45) is 0. The molecule has 0 saturated heterocycles. The van der Waals surface area contributed by atoms with Gasteiger partial charge in [0.2, 0.25) is 0 Å². The van der Waals surface area contributed by atoms with Gasteiger partial charge in [0, 0.05) is 6.07 Å².